The fourth-order valence-corrected chi connectivity index (χ4v) is 5.84. The van der Waals surface area contributed by atoms with Gasteiger partial charge in [-0.05, 0) is 31.6 Å². The lowest BCUT2D eigenvalue weighted by atomic mass is 9.91. The predicted molar refractivity (Wildman–Crippen MR) is 134 cm³/mol. The van der Waals surface area contributed by atoms with Crippen LogP contribution in [0.15, 0.2) is 48.1 Å². The number of morpholine rings is 1. The first-order valence-corrected chi connectivity index (χ1v) is 12.7. The number of nitrogens with one attached hydrogen (secondary N) is 2. The predicted octanol–water partition coefficient (Wildman–Crippen LogP) is 1.67. The summed E-state index contributed by atoms with van der Waals surface area (Å²) < 4.78 is 11.9. The van der Waals surface area contributed by atoms with Crippen molar-refractivity contribution in [2.24, 2.45) is 5.92 Å². The molecule has 1 aromatic heterocycles. The number of likely N-dealkylation sites (tertiary alicyclic amines) is 2. The lowest BCUT2D eigenvalue weighted by Gasteiger charge is -2.45. The van der Waals surface area contributed by atoms with Crippen molar-refractivity contribution in [1.29, 1.82) is 0 Å². The number of ether oxygens (including phenoxy) is 2. The molecule has 9 heteroatoms. The number of carbonyl (C=O) groups is 1. The van der Waals surface area contributed by atoms with Crippen LogP contribution in [0.4, 0.5) is 11.5 Å². The summed E-state index contributed by atoms with van der Waals surface area (Å²) >= 11 is 0. The second-order valence-corrected chi connectivity index (χ2v) is 10.00. The first-order valence-electron chi connectivity index (χ1n) is 12.7. The van der Waals surface area contributed by atoms with Gasteiger partial charge in [0.25, 0.3) is 0 Å². The number of fused-ring (bicyclic) bond motifs is 1. The quantitative estimate of drug-likeness (QED) is 0.633. The Morgan fingerprint density at radius 1 is 1.23 bits per heavy atom. The highest BCUT2D eigenvalue weighted by Crippen LogP contribution is 2.36. The van der Waals surface area contributed by atoms with Crippen LogP contribution >= 0.6 is 0 Å². The van der Waals surface area contributed by atoms with Crippen LogP contribution in [0.2, 0.25) is 0 Å². The van der Waals surface area contributed by atoms with Gasteiger partial charge in [-0.15, -0.1) is 0 Å². The number of rotatable bonds is 4. The molecule has 9 nitrogen and oxygen atoms in total. The van der Waals surface area contributed by atoms with E-state index in [-0.39, 0.29) is 11.9 Å². The molecule has 0 spiro atoms. The smallest absolute Gasteiger partial charge is 0.246 e. The van der Waals surface area contributed by atoms with Gasteiger partial charge in [0, 0.05) is 68.8 Å². The van der Waals surface area contributed by atoms with E-state index in [2.05, 4.69) is 51.1 Å². The number of allylic oxidation sites excluding steroid dienone is 1. The molecular weight excluding hydrogens is 444 g/mol. The first-order chi connectivity index (χ1) is 17.1. The average molecular weight is 479 g/mol. The summed E-state index contributed by atoms with van der Waals surface area (Å²) in [6.07, 6.45) is 6.54. The molecule has 1 aromatic rings. The molecule has 2 unspecified atom stereocenters. The van der Waals surface area contributed by atoms with E-state index in [0.717, 1.165) is 81.7 Å². The summed E-state index contributed by atoms with van der Waals surface area (Å²) in [5.41, 5.74) is 4.51. The Labute approximate surface area is 206 Å². The van der Waals surface area contributed by atoms with Crippen LogP contribution in [0, 0.1) is 5.92 Å². The standard InChI is InChI=1S/C26H34N6O3/c1-3-24(33)31-7-5-19(15-31)32-13-18(14-32)21-12-22-25(17(2)28-21)35-16-20-23(4-6-27-26(20)29-22)30-8-10-34-11-9-30/h3-4,6,12,17-19,28H,1,5,7-11,13-16H2,2H3,(H,27,29). The number of carbonyl (C=O) groups excluding carboxylic acids is 1. The highest BCUT2D eigenvalue weighted by molar-refractivity contribution is 5.87. The Balaban J connectivity index is 1.15. The van der Waals surface area contributed by atoms with Crippen molar-refractivity contribution >= 4 is 17.4 Å². The number of dihydropyridines is 1. The van der Waals surface area contributed by atoms with Crippen molar-refractivity contribution in [2.45, 2.75) is 32.0 Å². The van der Waals surface area contributed by atoms with Crippen LogP contribution in [0.1, 0.15) is 18.9 Å². The molecule has 0 aromatic carbocycles. The zero-order chi connectivity index (χ0) is 23.9. The second kappa shape index (κ2) is 9.20. The van der Waals surface area contributed by atoms with Gasteiger partial charge in [0.15, 0.2) is 0 Å². The Kier molecular flexibility index (Phi) is 5.89. The minimum absolute atomic E-state index is 0.0413. The molecule has 3 fully saturated rings. The van der Waals surface area contributed by atoms with E-state index in [1.54, 1.807) is 0 Å². The van der Waals surface area contributed by atoms with Gasteiger partial charge in [0.2, 0.25) is 5.91 Å². The first kappa shape index (κ1) is 22.4. The molecule has 2 atom stereocenters. The third kappa shape index (κ3) is 4.16. The van der Waals surface area contributed by atoms with Gasteiger partial charge in [-0.25, -0.2) is 4.98 Å². The van der Waals surface area contributed by atoms with Gasteiger partial charge < -0.3 is 29.9 Å². The molecule has 0 aliphatic carbocycles. The monoisotopic (exact) mass is 478 g/mol. The van der Waals surface area contributed by atoms with Crippen molar-refractivity contribution in [1.82, 2.24) is 20.1 Å². The van der Waals surface area contributed by atoms with Crippen molar-refractivity contribution in [3.8, 4) is 0 Å². The van der Waals surface area contributed by atoms with E-state index >= 15 is 0 Å². The molecule has 0 saturated carbocycles. The van der Waals surface area contributed by atoms with Crippen molar-refractivity contribution < 1.29 is 14.3 Å². The van der Waals surface area contributed by atoms with E-state index in [0.29, 0.717) is 18.6 Å². The molecule has 5 aliphatic rings. The normalized spacial score (nSPS) is 26.9. The number of aromatic nitrogens is 1. The lowest BCUT2D eigenvalue weighted by molar-refractivity contribution is -0.125. The highest BCUT2D eigenvalue weighted by Gasteiger charge is 2.40. The molecule has 186 valence electrons. The maximum absolute atomic E-state index is 11.9. The van der Waals surface area contributed by atoms with Gasteiger partial charge in [-0.3, -0.25) is 9.69 Å². The summed E-state index contributed by atoms with van der Waals surface area (Å²) in [5.74, 6) is 2.30. The Morgan fingerprint density at radius 2 is 2.06 bits per heavy atom. The third-order valence-corrected chi connectivity index (χ3v) is 7.87. The van der Waals surface area contributed by atoms with Crippen molar-refractivity contribution in [3.05, 3.63) is 53.7 Å². The van der Waals surface area contributed by atoms with Gasteiger partial charge in [0.1, 0.15) is 18.2 Å². The van der Waals surface area contributed by atoms with Crippen LogP contribution in [0.5, 0.6) is 0 Å². The Morgan fingerprint density at radius 3 is 2.86 bits per heavy atom. The SMILES string of the molecule is C=CC(=O)N1CCC(N2CC(C3=CC4=C(OCc5c(N6CCOCC6)ccnc5N4)C(C)N3)C2)C1. The minimum atomic E-state index is 0.0413. The molecule has 5 aliphatic heterocycles. The van der Waals surface area contributed by atoms with Crippen molar-refractivity contribution in [3.63, 3.8) is 0 Å². The number of anilines is 2. The molecule has 6 heterocycles. The number of nitrogens with zero attached hydrogens (tertiary/aromatic N) is 4. The van der Waals surface area contributed by atoms with Gasteiger partial charge >= 0.3 is 0 Å². The fourth-order valence-electron chi connectivity index (χ4n) is 5.84. The average Bonchev–Trinajstić information content (AvgIpc) is 3.24. The zero-order valence-corrected chi connectivity index (χ0v) is 20.3. The maximum Gasteiger partial charge on any atom is 0.246 e. The van der Waals surface area contributed by atoms with Crippen LogP contribution in [0.3, 0.4) is 0 Å². The molecule has 3 saturated heterocycles. The fraction of sp³-hybridized carbons (Fsp3) is 0.538. The van der Waals surface area contributed by atoms with Gasteiger partial charge in [0.05, 0.1) is 30.5 Å². The van der Waals surface area contributed by atoms with E-state index in [1.165, 1.54) is 17.5 Å². The number of hydrogen-bond donors (Lipinski definition) is 2. The molecule has 1 amide bonds. The van der Waals surface area contributed by atoms with Crippen LogP contribution in [0.25, 0.3) is 0 Å². The highest BCUT2D eigenvalue weighted by atomic mass is 16.5. The molecule has 0 radical (unpaired) electrons. The summed E-state index contributed by atoms with van der Waals surface area (Å²) in [5, 5.41) is 7.28. The van der Waals surface area contributed by atoms with Crippen LogP contribution < -0.4 is 15.5 Å². The summed E-state index contributed by atoms with van der Waals surface area (Å²) in [6.45, 7) is 13.2. The van der Waals surface area contributed by atoms with E-state index < -0.39 is 0 Å². The van der Waals surface area contributed by atoms with Gasteiger partial charge in [-0.2, -0.15) is 0 Å². The Hall–Kier alpha value is -3.04. The summed E-state index contributed by atoms with van der Waals surface area (Å²) in [6, 6.07) is 2.61. The minimum Gasteiger partial charge on any atom is -0.489 e. The molecular formula is C26H34N6O3. The van der Waals surface area contributed by atoms with Gasteiger partial charge in [-0.1, -0.05) is 6.58 Å². The summed E-state index contributed by atoms with van der Waals surface area (Å²) in [7, 11) is 0. The maximum atomic E-state index is 11.9. The number of pyridine rings is 1. The van der Waals surface area contributed by atoms with Crippen molar-refractivity contribution in [2.75, 3.05) is 62.7 Å². The molecule has 35 heavy (non-hydrogen) atoms. The topological polar surface area (TPSA) is 82.2 Å². The third-order valence-electron chi connectivity index (χ3n) is 7.87. The zero-order valence-electron chi connectivity index (χ0n) is 20.3. The van der Waals surface area contributed by atoms with Crippen LogP contribution in [-0.2, 0) is 20.9 Å². The summed E-state index contributed by atoms with van der Waals surface area (Å²) in [4.78, 5) is 23.4. The second-order valence-electron chi connectivity index (χ2n) is 10.00. The largest absolute Gasteiger partial charge is 0.489 e. The molecule has 6 rings (SSSR count). The lowest BCUT2D eigenvalue weighted by Crippen LogP contribution is -2.56. The molecule has 0 bridgehead atoms. The van der Waals surface area contributed by atoms with E-state index in [1.807, 2.05) is 11.1 Å². The Bertz CT molecular complexity index is 1070. The number of hydrogen-bond acceptors (Lipinski definition) is 8. The number of amides is 1. The molecule has 2 N–H and O–H groups in total. The van der Waals surface area contributed by atoms with E-state index in [4.69, 9.17) is 9.47 Å². The van der Waals surface area contributed by atoms with E-state index in [9.17, 15) is 4.79 Å². The van der Waals surface area contributed by atoms with Crippen LogP contribution in [-0.4, -0.2) is 85.3 Å².